The molecule has 2 N–H and O–H groups in total. The van der Waals surface area contributed by atoms with E-state index in [2.05, 4.69) is 65.4 Å². The Bertz CT molecular complexity index is 1100. The van der Waals surface area contributed by atoms with Crippen molar-refractivity contribution in [2.75, 3.05) is 10.2 Å². The summed E-state index contributed by atoms with van der Waals surface area (Å²) < 4.78 is 2.00. The van der Waals surface area contributed by atoms with E-state index in [0.717, 1.165) is 29.0 Å². The summed E-state index contributed by atoms with van der Waals surface area (Å²) in [5.74, 6) is 0.610. The van der Waals surface area contributed by atoms with Gasteiger partial charge in [0.15, 0.2) is 0 Å². The van der Waals surface area contributed by atoms with Crippen molar-refractivity contribution in [3.8, 4) is 0 Å². The molecule has 1 aliphatic heterocycles. The molecule has 2 aliphatic rings. The number of H-pyrrole nitrogens is 1. The van der Waals surface area contributed by atoms with Gasteiger partial charge in [0.1, 0.15) is 0 Å². The molecule has 1 aliphatic carbocycles. The fraction of sp³-hybridized carbons (Fsp3) is 0.519. The lowest BCUT2D eigenvalue weighted by Gasteiger charge is -2.42. The molecule has 5 rings (SSSR count). The van der Waals surface area contributed by atoms with Gasteiger partial charge in [-0.05, 0) is 76.1 Å². The van der Waals surface area contributed by atoms with Gasteiger partial charge in [-0.15, -0.1) is 0 Å². The Hall–Kier alpha value is -2.69. The summed E-state index contributed by atoms with van der Waals surface area (Å²) in [5.41, 5.74) is 5.32. The Morgan fingerprint density at radius 3 is 2.38 bits per heavy atom. The highest BCUT2D eigenvalue weighted by molar-refractivity contribution is 5.90. The fourth-order valence-corrected chi connectivity index (χ4v) is 5.89. The van der Waals surface area contributed by atoms with Crippen molar-refractivity contribution < 1.29 is 0 Å². The SMILES string of the molecule is CC1CCCC(C)N1c1cc2c(cc1Nc1ccccc1)[nH]c(=O)n2CC1CCCCC1. The van der Waals surface area contributed by atoms with E-state index in [-0.39, 0.29) is 5.69 Å². The third-order valence-corrected chi connectivity index (χ3v) is 7.58. The normalized spacial score (nSPS) is 22.4. The van der Waals surface area contributed by atoms with Crippen molar-refractivity contribution in [1.82, 2.24) is 9.55 Å². The number of fused-ring (bicyclic) bond motifs is 1. The van der Waals surface area contributed by atoms with Gasteiger partial charge in [0.25, 0.3) is 0 Å². The molecule has 0 amide bonds. The first-order valence-corrected chi connectivity index (χ1v) is 12.5. The van der Waals surface area contributed by atoms with E-state index in [9.17, 15) is 4.79 Å². The minimum atomic E-state index is 0.0214. The number of anilines is 3. The molecule has 32 heavy (non-hydrogen) atoms. The molecule has 5 nitrogen and oxygen atoms in total. The molecule has 0 radical (unpaired) electrons. The van der Waals surface area contributed by atoms with Crippen LogP contribution in [-0.2, 0) is 6.54 Å². The van der Waals surface area contributed by atoms with Crippen LogP contribution >= 0.6 is 0 Å². The third-order valence-electron chi connectivity index (χ3n) is 7.58. The quantitative estimate of drug-likeness (QED) is 0.489. The Kier molecular flexibility index (Phi) is 5.99. The highest BCUT2D eigenvalue weighted by atomic mass is 16.1. The summed E-state index contributed by atoms with van der Waals surface area (Å²) in [6.07, 6.45) is 10.1. The average molecular weight is 433 g/mol. The van der Waals surface area contributed by atoms with Crippen LogP contribution in [0.3, 0.4) is 0 Å². The Balaban J connectivity index is 1.60. The summed E-state index contributed by atoms with van der Waals surface area (Å²) in [6, 6.07) is 15.7. The van der Waals surface area contributed by atoms with E-state index in [1.165, 1.54) is 57.1 Å². The molecule has 0 bridgehead atoms. The maximum absolute atomic E-state index is 13.0. The van der Waals surface area contributed by atoms with Crippen LogP contribution < -0.4 is 15.9 Å². The molecular weight excluding hydrogens is 396 g/mol. The number of piperidine rings is 1. The molecule has 2 heterocycles. The number of aromatic amines is 1. The maximum atomic E-state index is 13.0. The van der Waals surface area contributed by atoms with Gasteiger partial charge in [-0.3, -0.25) is 4.57 Å². The smallest absolute Gasteiger partial charge is 0.326 e. The van der Waals surface area contributed by atoms with Crippen molar-refractivity contribution in [3.05, 3.63) is 52.9 Å². The van der Waals surface area contributed by atoms with E-state index in [0.29, 0.717) is 18.0 Å². The van der Waals surface area contributed by atoms with Crippen LogP contribution in [0.1, 0.15) is 65.2 Å². The highest BCUT2D eigenvalue weighted by Crippen LogP contribution is 2.38. The average Bonchev–Trinajstić information content (AvgIpc) is 3.09. The Labute approximate surface area is 190 Å². The monoisotopic (exact) mass is 432 g/mol. The van der Waals surface area contributed by atoms with Crippen molar-refractivity contribution in [3.63, 3.8) is 0 Å². The first kappa shape index (κ1) is 21.2. The van der Waals surface area contributed by atoms with E-state index >= 15 is 0 Å². The summed E-state index contributed by atoms with van der Waals surface area (Å²) in [6.45, 7) is 5.49. The third kappa shape index (κ3) is 4.17. The number of hydrogen-bond acceptors (Lipinski definition) is 3. The first-order chi connectivity index (χ1) is 15.6. The van der Waals surface area contributed by atoms with Gasteiger partial charge in [-0.2, -0.15) is 0 Å². The number of aromatic nitrogens is 2. The molecule has 2 unspecified atom stereocenters. The molecule has 5 heteroatoms. The number of para-hydroxylation sites is 1. The van der Waals surface area contributed by atoms with Crippen molar-refractivity contribution in [2.45, 2.75) is 83.8 Å². The topological polar surface area (TPSA) is 53.1 Å². The van der Waals surface area contributed by atoms with Gasteiger partial charge >= 0.3 is 5.69 Å². The molecule has 1 aromatic heterocycles. The highest BCUT2D eigenvalue weighted by Gasteiger charge is 2.28. The molecule has 2 aromatic carbocycles. The minimum Gasteiger partial charge on any atom is -0.364 e. The van der Waals surface area contributed by atoms with Gasteiger partial charge < -0.3 is 15.2 Å². The summed E-state index contributed by atoms with van der Waals surface area (Å²) in [5, 5.41) is 3.64. The van der Waals surface area contributed by atoms with Gasteiger partial charge in [-0.1, -0.05) is 37.5 Å². The van der Waals surface area contributed by atoms with Crippen LogP contribution in [0.15, 0.2) is 47.3 Å². The zero-order valence-electron chi connectivity index (χ0n) is 19.4. The Morgan fingerprint density at radius 2 is 1.66 bits per heavy atom. The van der Waals surface area contributed by atoms with Crippen LogP contribution in [0.4, 0.5) is 17.1 Å². The second-order valence-corrected chi connectivity index (χ2v) is 9.96. The molecule has 2 atom stereocenters. The molecule has 0 spiro atoms. The zero-order valence-corrected chi connectivity index (χ0v) is 19.4. The fourth-order valence-electron chi connectivity index (χ4n) is 5.89. The van der Waals surface area contributed by atoms with Crippen molar-refractivity contribution in [2.24, 2.45) is 5.92 Å². The predicted octanol–water partition coefficient (Wildman–Crippen LogP) is 6.42. The van der Waals surface area contributed by atoms with E-state index in [1.807, 2.05) is 10.6 Å². The lowest BCUT2D eigenvalue weighted by atomic mass is 9.89. The minimum absolute atomic E-state index is 0.0214. The number of nitrogens with one attached hydrogen (secondary N) is 2. The lowest BCUT2D eigenvalue weighted by molar-refractivity contribution is 0.319. The van der Waals surface area contributed by atoms with Crippen molar-refractivity contribution in [1.29, 1.82) is 0 Å². The number of hydrogen-bond donors (Lipinski definition) is 2. The van der Waals surface area contributed by atoms with Crippen LogP contribution in [0.25, 0.3) is 11.0 Å². The second-order valence-electron chi connectivity index (χ2n) is 9.96. The van der Waals surface area contributed by atoms with Crippen molar-refractivity contribution >= 4 is 28.1 Å². The summed E-state index contributed by atoms with van der Waals surface area (Å²) in [7, 11) is 0. The van der Waals surface area contributed by atoms with Crippen LogP contribution in [-0.4, -0.2) is 21.6 Å². The Morgan fingerprint density at radius 1 is 0.938 bits per heavy atom. The van der Waals surface area contributed by atoms with Gasteiger partial charge in [0, 0.05) is 24.3 Å². The van der Waals surface area contributed by atoms with E-state index < -0.39 is 0 Å². The number of benzene rings is 2. The lowest BCUT2D eigenvalue weighted by Crippen LogP contribution is -2.44. The number of rotatable bonds is 5. The molecule has 3 aromatic rings. The van der Waals surface area contributed by atoms with E-state index in [1.54, 1.807) is 0 Å². The predicted molar refractivity (Wildman–Crippen MR) is 134 cm³/mol. The van der Waals surface area contributed by atoms with Gasteiger partial charge in [0.05, 0.1) is 22.4 Å². The maximum Gasteiger partial charge on any atom is 0.326 e. The van der Waals surface area contributed by atoms with Crippen LogP contribution in [0.5, 0.6) is 0 Å². The summed E-state index contributed by atoms with van der Waals surface area (Å²) in [4.78, 5) is 18.7. The van der Waals surface area contributed by atoms with Crippen LogP contribution in [0.2, 0.25) is 0 Å². The zero-order chi connectivity index (χ0) is 22.1. The van der Waals surface area contributed by atoms with Gasteiger partial charge in [0.2, 0.25) is 0 Å². The summed E-state index contributed by atoms with van der Waals surface area (Å²) >= 11 is 0. The van der Waals surface area contributed by atoms with E-state index in [4.69, 9.17) is 0 Å². The molecule has 1 saturated heterocycles. The first-order valence-electron chi connectivity index (χ1n) is 12.5. The second kappa shape index (κ2) is 9.05. The van der Waals surface area contributed by atoms with Crippen LogP contribution in [0, 0.1) is 5.92 Å². The number of nitrogens with zero attached hydrogens (tertiary/aromatic N) is 2. The van der Waals surface area contributed by atoms with Gasteiger partial charge in [-0.25, -0.2) is 4.79 Å². The molecular formula is C27H36N4O. The number of imidazole rings is 1. The molecule has 2 fully saturated rings. The molecule has 170 valence electrons. The molecule has 1 saturated carbocycles. The largest absolute Gasteiger partial charge is 0.364 e. The standard InChI is InChI=1S/C27H36N4O/c1-19-10-9-11-20(2)31(19)26-17-25-23(16-24(26)28-22-14-7-4-8-15-22)29-27(32)30(25)18-21-12-5-3-6-13-21/h4,7-8,14-17,19-21,28H,3,5-6,9-13,18H2,1-2H3,(H,29,32).